The maximum absolute atomic E-state index is 2.68. The number of piperazine rings is 1. The van der Waals surface area contributed by atoms with Crippen LogP contribution in [0.25, 0.3) is 0 Å². The molecule has 1 saturated carbocycles. The molecule has 0 unspecified atom stereocenters. The number of nitrogens with zero attached hydrogens (tertiary/aromatic N) is 3. The molecule has 0 atom stereocenters. The van der Waals surface area contributed by atoms with Gasteiger partial charge in [0.2, 0.25) is 0 Å². The molecular formula is C13H26IN3. The van der Waals surface area contributed by atoms with Crippen LogP contribution >= 0.6 is 22.9 Å². The molecule has 4 heteroatoms. The van der Waals surface area contributed by atoms with Crippen molar-refractivity contribution in [2.75, 3.05) is 46.8 Å². The highest BCUT2D eigenvalue weighted by Crippen LogP contribution is 2.29. The fourth-order valence-electron chi connectivity index (χ4n) is 3.08. The summed E-state index contributed by atoms with van der Waals surface area (Å²) in [5.41, 5.74) is 0. The molecule has 1 saturated heterocycles. The van der Waals surface area contributed by atoms with Gasteiger partial charge < -0.3 is 9.80 Å². The second kappa shape index (κ2) is 6.68. The molecule has 3 nitrogen and oxygen atoms in total. The molecule has 0 aromatic rings. The molecule has 0 N–H and O–H groups in total. The number of hydrogen-bond acceptors (Lipinski definition) is 3. The number of likely N-dealkylation sites (N-methyl/N-ethyl adjacent to an activating group) is 1. The van der Waals surface area contributed by atoms with E-state index in [1.54, 1.807) is 0 Å². The van der Waals surface area contributed by atoms with E-state index in [1.807, 2.05) is 0 Å². The van der Waals surface area contributed by atoms with Crippen LogP contribution < -0.4 is 0 Å². The molecule has 0 amide bonds. The Balaban J connectivity index is 1.67. The van der Waals surface area contributed by atoms with E-state index in [0.29, 0.717) is 0 Å². The van der Waals surface area contributed by atoms with Gasteiger partial charge in [-0.15, -0.1) is 0 Å². The van der Waals surface area contributed by atoms with Crippen molar-refractivity contribution < 1.29 is 0 Å². The first-order valence-corrected chi connectivity index (χ1v) is 7.91. The fraction of sp³-hybridized carbons (Fsp3) is 1.00. The van der Waals surface area contributed by atoms with Gasteiger partial charge in [0.05, 0.1) is 0 Å². The highest BCUT2D eigenvalue weighted by Gasteiger charge is 2.25. The van der Waals surface area contributed by atoms with Gasteiger partial charge in [-0.2, -0.15) is 0 Å². The van der Waals surface area contributed by atoms with Gasteiger partial charge in [-0.25, -0.2) is 3.11 Å². The second-order valence-corrected chi connectivity index (χ2v) is 7.33. The lowest BCUT2D eigenvalue weighted by Gasteiger charge is -2.37. The van der Waals surface area contributed by atoms with E-state index in [0.717, 1.165) is 12.0 Å². The Morgan fingerprint density at radius 2 is 1.65 bits per heavy atom. The first-order chi connectivity index (χ1) is 8.15. The first kappa shape index (κ1) is 14.0. The van der Waals surface area contributed by atoms with Gasteiger partial charge in [0.1, 0.15) is 0 Å². The van der Waals surface area contributed by atoms with Crippen molar-refractivity contribution in [1.82, 2.24) is 12.9 Å². The molecule has 2 aliphatic rings. The van der Waals surface area contributed by atoms with Crippen LogP contribution in [-0.2, 0) is 0 Å². The molecule has 1 aliphatic carbocycles. The minimum atomic E-state index is 0.833. The van der Waals surface area contributed by atoms with Crippen LogP contribution in [0, 0.1) is 5.92 Å². The summed E-state index contributed by atoms with van der Waals surface area (Å²) in [5.74, 6) is 0.964. The van der Waals surface area contributed by atoms with Crippen LogP contribution in [0.15, 0.2) is 0 Å². The van der Waals surface area contributed by atoms with E-state index in [2.05, 4.69) is 49.9 Å². The van der Waals surface area contributed by atoms with Crippen molar-refractivity contribution in [3.63, 3.8) is 0 Å². The van der Waals surface area contributed by atoms with Crippen molar-refractivity contribution in [2.45, 2.75) is 31.7 Å². The molecule has 0 spiro atoms. The van der Waals surface area contributed by atoms with E-state index in [4.69, 9.17) is 0 Å². The zero-order valence-corrected chi connectivity index (χ0v) is 13.4. The maximum atomic E-state index is 2.68. The monoisotopic (exact) mass is 351 g/mol. The Morgan fingerprint density at radius 1 is 1.06 bits per heavy atom. The van der Waals surface area contributed by atoms with Gasteiger partial charge in [0, 0.05) is 61.6 Å². The molecular weight excluding hydrogens is 325 g/mol. The van der Waals surface area contributed by atoms with E-state index in [9.17, 15) is 0 Å². The van der Waals surface area contributed by atoms with Gasteiger partial charge in [-0.05, 0) is 45.7 Å². The van der Waals surface area contributed by atoms with Gasteiger partial charge in [0.25, 0.3) is 0 Å². The quantitative estimate of drug-likeness (QED) is 0.569. The normalized spacial score (nSPS) is 33.2. The number of rotatable bonds is 3. The molecule has 0 bridgehead atoms. The lowest BCUT2D eigenvalue weighted by molar-refractivity contribution is 0.119. The predicted molar refractivity (Wildman–Crippen MR) is 81.5 cm³/mol. The van der Waals surface area contributed by atoms with E-state index in [1.165, 1.54) is 58.4 Å². The molecule has 0 radical (unpaired) electrons. The summed E-state index contributed by atoms with van der Waals surface area (Å²) in [6.45, 7) is 6.43. The van der Waals surface area contributed by atoms with Crippen LogP contribution in [0.3, 0.4) is 0 Å². The third-order valence-corrected chi connectivity index (χ3v) is 5.22. The highest BCUT2D eigenvalue weighted by atomic mass is 127. The van der Waals surface area contributed by atoms with E-state index < -0.39 is 0 Å². The van der Waals surface area contributed by atoms with Crippen LogP contribution in [0.1, 0.15) is 25.7 Å². The predicted octanol–water partition coefficient (Wildman–Crippen LogP) is 2.07. The molecule has 100 valence electrons. The van der Waals surface area contributed by atoms with Crippen molar-refractivity contribution >= 4 is 22.9 Å². The minimum absolute atomic E-state index is 0.833. The number of hydrogen-bond donors (Lipinski definition) is 0. The minimum Gasteiger partial charge on any atom is -0.304 e. The average Bonchev–Trinajstić information content (AvgIpc) is 2.33. The lowest BCUT2D eigenvalue weighted by Crippen LogP contribution is -2.46. The van der Waals surface area contributed by atoms with E-state index >= 15 is 0 Å². The second-order valence-electron chi connectivity index (χ2n) is 5.80. The summed E-state index contributed by atoms with van der Waals surface area (Å²) in [4.78, 5) is 5.12. The zero-order chi connectivity index (χ0) is 12.3. The van der Waals surface area contributed by atoms with Crippen LogP contribution in [0.5, 0.6) is 0 Å². The van der Waals surface area contributed by atoms with Crippen LogP contribution in [-0.4, -0.2) is 65.8 Å². The Morgan fingerprint density at radius 3 is 2.18 bits per heavy atom. The standard InChI is InChI=1S/C13H26IN3/c1-15-7-9-17(10-8-15)11-12-3-5-13(6-4-12)16(2)14/h12-13H,3-11H2,1-2H3. The maximum Gasteiger partial charge on any atom is 0.0201 e. The smallest absolute Gasteiger partial charge is 0.0201 e. The van der Waals surface area contributed by atoms with Crippen LogP contribution in [0.4, 0.5) is 0 Å². The number of halogens is 1. The summed E-state index contributed by atoms with van der Waals surface area (Å²) >= 11 is 2.44. The lowest BCUT2D eigenvalue weighted by atomic mass is 9.85. The first-order valence-electron chi connectivity index (χ1n) is 6.94. The zero-order valence-electron chi connectivity index (χ0n) is 11.2. The van der Waals surface area contributed by atoms with Crippen molar-refractivity contribution in [3.8, 4) is 0 Å². The topological polar surface area (TPSA) is 9.72 Å². The summed E-state index contributed by atoms with van der Waals surface area (Å²) in [7, 11) is 4.45. The Labute approximate surface area is 120 Å². The Bertz CT molecular complexity index is 219. The molecule has 0 aromatic heterocycles. The van der Waals surface area contributed by atoms with Gasteiger partial charge >= 0.3 is 0 Å². The largest absolute Gasteiger partial charge is 0.304 e. The third kappa shape index (κ3) is 4.33. The van der Waals surface area contributed by atoms with E-state index in [-0.39, 0.29) is 0 Å². The summed E-state index contributed by atoms with van der Waals surface area (Å²) in [6, 6.07) is 0.833. The van der Waals surface area contributed by atoms with Crippen molar-refractivity contribution in [3.05, 3.63) is 0 Å². The Kier molecular flexibility index (Phi) is 5.51. The van der Waals surface area contributed by atoms with Gasteiger partial charge in [-0.3, -0.25) is 0 Å². The molecule has 2 fully saturated rings. The van der Waals surface area contributed by atoms with Crippen molar-refractivity contribution in [2.24, 2.45) is 5.92 Å². The third-order valence-electron chi connectivity index (χ3n) is 4.43. The SMILES string of the molecule is CN1CCN(CC2CCC(N(C)I)CC2)CC1. The van der Waals surface area contributed by atoms with Crippen molar-refractivity contribution in [1.29, 1.82) is 0 Å². The summed E-state index contributed by atoms with van der Waals surface area (Å²) in [5, 5.41) is 0. The van der Waals surface area contributed by atoms with Crippen LogP contribution in [0.2, 0.25) is 0 Å². The van der Waals surface area contributed by atoms with Gasteiger partial charge in [-0.1, -0.05) is 0 Å². The highest BCUT2D eigenvalue weighted by molar-refractivity contribution is 14.1. The van der Waals surface area contributed by atoms with Gasteiger partial charge in [0.15, 0.2) is 0 Å². The average molecular weight is 351 g/mol. The summed E-state index contributed by atoms with van der Waals surface area (Å²) < 4.78 is 2.38. The molecule has 2 rings (SSSR count). The molecule has 0 aromatic carbocycles. The molecule has 17 heavy (non-hydrogen) atoms. The fourth-order valence-corrected chi connectivity index (χ4v) is 3.64. The summed E-state index contributed by atoms with van der Waals surface area (Å²) in [6.07, 6.45) is 5.67. The Hall–Kier alpha value is 0.610. The molecule has 1 aliphatic heterocycles. The molecule has 1 heterocycles.